The number of nitrogens with zero attached hydrogens (tertiary/aromatic N) is 3. The Kier molecular flexibility index (Phi) is 3.93. The molecule has 138 valence electrons. The fourth-order valence-electron chi connectivity index (χ4n) is 4.05. The second-order valence-electron chi connectivity index (χ2n) is 7.46. The summed E-state index contributed by atoms with van der Waals surface area (Å²) in [7, 11) is 0. The van der Waals surface area contributed by atoms with Crippen LogP contribution in [0.5, 0.6) is 0 Å². The fourth-order valence-corrected chi connectivity index (χ4v) is 4.05. The van der Waals surface area contributed by atoms with E-state index in [0.717, 1.165) is 27.8 Å². The van der Waals surface area contributed by atoms with Gasteiger partial charge in [0, 0.05) is 23.2 Å². The van der Waals surface area contributed by atoms with Crippen LogP contribution in [0.2, 0.25) is 0 Å². The average Bonchev–Trinajstić information content (AvgIpc) is 3.06. The van der Waals surface area contributed by atoms with Gasteiger partial charge in [0.15, 0.2) is 0 Å². The van der Waals surface area contributed by atoms with Gasteiger partial charge >= 0.3 is 0 Å². The first kappa shape index (κ1) is 17.2. The van der Waals surface area contributed by atoms with Crippen LogP contribution in [-0.2, 0) is 0 Å². The maximum atomic E-state index is 9.84. The molecule has 0 fully saturated rings. The van der Waals surface area contributed by atoms with Crippen molar-refractivity contribution in [3.05, 3.63) is 95.8 Å². The Hall–Kier alpha value is -3.90. The van der Waals surface area contributed by atoms with Gasteiger partial charge in [0.2, 0.25) is 0 Å². The second-order valence-corrected chi connectivity index (χ2v) is 7.46. The molecule has 0 bridgehead atoms. The van der Waals surface area contributed by atoms with Crippen LogP contribution in [-0.4, -0.2) is 9.55 Å². The van der Waals surface area contributed by atoms with Gasteiger partial charge in [-0.3, -0.25) is 4.98 Å². The zero-order valence-corrected chi connectivity index (χ0v) is 16.3. The quantitative estimate of drug-likeness (QED) is 0.362. The average molecular weight is 373 g/mol. The van der Waals surface area contributed by atoms with Gasteiger partial charge in [-0.1, -0.05) is 29.3 Å². The van der Waals surface area contributed by atoms with Crippen LogP contribution >= 0.6 is 0 Å². The van der Waals surface area contributed by atoms with Crippen LogP contribution in [0.15, 0.2) is 79.1 Å². The lowest BCUT2D eigenvalue weighted by molar-refractivity contribution is 1.17. The van der Waals surface area contributed by atoms with Crippen LogP contribution in [0.1, 0.15) is 16.7 Å². The van der Waals surface area contributed by atoms with Crippen molar-refractivity contribution in [1.29, 1.82) is 5.26 Å². The van der Waals surface area contributed by atoms with E-state index in [1.807, 2.05) is 24.3 Å². The number of fused-ring (bicyclic) bond motifs is 3. The molecule has 2 aromatic heterocycles. The molecular weight excluding hydrogens is 354 g/mol. The van der Waals surface area contributed by atoms with Gasteiger partial charge in [-0.05, 0) is 73.5 Å². The van der Waals surface area contributed by atoms with Crippen molar-refractivity contribution in [2.75, 3.05) is 0 Å². The number of benzene rings is 3. The highest BCUT2D eigenvalue weighted by molar-refractivity contribution is 6.10. The molecule has 5 aromatic rings. The molecule has 29 heavy (non-hydrogen) atoms. The maximum Gasteiger partial charge on any atom is 0.101 e. The molecule has 0 aliphatic heterocycles. The zero-order valence-electron chi connectivity index (χ0n) is 16.3. The van der Waals surface area contributed by atoms with Crippen molar-refractivity contribution < 1.29 is 0 Å². The van der Waals surface area contributed by atoms with Crippen LogP contribution in [0, 0.1) is 25.2 Å². The van der Waals surface area contributed by atoms with Gasteiger partial charge in [0.05, 0.1) is 22.3 Å². The molecule has 0 unspecified atom stereocenters. The van der Waals surface area contributed by atoms with E-state index in [-0.39, 0.29) is 0 Å². The summed E-state index contributed by atoms with van der Waals surface area (Å²) >= 11 is 0. The molecule has 3 heteroatoms. The highest BCUT2D eigenvalue weighted by atomic mass is 15.0. The van der Waals surface area contributed by atoms with Crippen molar-refractivity contribution in [3.63, 3.8) is 0 Å². The summed E-state index contributed by atoms with van der Waals surface area (Å²) in [6.07, 6.45) is 3.58. The van der Waals surface area contributed by atoms with E-state index in [9.17, 15) is 5.26 Å². The summed E-state index contributed by atoms with van der Waals surface area (Å²) in [6, 6.07) is 25.4. The molecule has 0 aliphatic carbocycles. The highest BCUT2D eigenvalue weighted by Crippen LogP contribution is 2.35. The third-order valence-corrected chi connectivity index (χ3v) is 5.45. The van der Waals surface area contributed by atoms with E-state index >= 15 is 0 Å². The van der Waals surface area contributed by atoms with Crippen molar-refractivity contribution in [3.8, 4) is 22.9 Å². The maximum absolute atomic E-state index is 9.84. The Balaban J connectivity index is 1.89. The number of aromatic nitrogens is 2. The number of hydrogen-bond acceptors (Lipinski definition) is 2. The number of pyridine rings is 1. The molecular formula is C26H19N3. The Morgan fingerprint density at radius 3 is 1.93 bits per heavy atom. The molecule has 3 nitrogen and oxygen atoms in total. The molecule has 0 saturated carbocycles. The lowest BCUT2D eigenvalue weighted by Crippen LogP contribution is -1.98. The first-order chi connectivity index (χ1) is 14.2. The summed E-state index contributed by atoms with van der Waals surface area (Å²) in [6.45, 7) is 4.23. The molecule has 0 aliphatic rings. The lowest BCUT2D eigenvalue weighted by Gasteiger charge is -2.12. The van der Waals surface area contributed by atoms with Crippen LogP contribution in [0.4, 0.5) is 0 Å². The van der Waals surface area contributed by atoms with E-state index < -0.39 is 0 Å². The Morgan fingerprint density at radius 1 is 0.724 bits per heavy atom. The number of rotatable bonds is 2. The summed E-state index contributed by atoms with van der Waals surface area (Å²) in [4.78, 5) is 4.12. The normalized spacial score (nSPS) is 11.1. The Bertz CT molecular complexity index is 1360. The summed E-state index contributed by atoms with van der Waals surface area (Å²) < 4.78 is 2.22. The summed E-state index contributed by atoms with van der Waals surface area (Å²) in [5, 5.41) is 12.3. The van der Waals surface area contributed by atoms with Crippen molar-refractivity contribution in [1.82, 2.24) is 9.55 Å². The van der Waals surface area contributed by atoms with Crippen molar-refractivity contribution in [2.24, 2.45) is 0 Å². The smallest absolute Gasteiger partial charge is 0.101 e. The standard InChI is InChI=1S/C26H19N3/c1-17-3-7-24-22(13-17)23-14-18(2)4-8-25(23)29(24)26-15-20(5-6-21(26)16-27)19-9-11-28-12-10-19/h3-15H,1-2H3. The van der Waals surface area contributed by atoms with E-state index in [0.29, 0.717) is 5.56 Å². The highest BCUT2D eigenvalue weighted by Gasteiger charge is 2.16. The molecule has 0 radical (unpaired) electrons. The predicted molar refractivity (Wildman–Crippen MR) is 118 cm³/mol. The van der Waals surface area contributed by atoms with Crippen LogP contribution in [0.25, 0.3) is 38.6 Å². The van der Waals surface area contributed by atoms with E-state index in [4.69, 9.17) is 0 Å². The van der Waals surface area contributed by atoms with Crippen molar-refractivity contribution in [2.45, 2.75) is 13.8 Å². The van der Waals surface area contributed by atoms with Gasteiger partial charge in [-0.25, -0.2) is 0 Å². The molecule has 5 rings (SSSR count). The zero-order chi connectivity index (χ0) is 20.0. The SMILES string of the molecule is Cc1ccc2c(c1)c1cc(C)ccc1n2-c1cc(-c2ccncc2)ccc1C#N. The van der Waals surface area contributed by atoms with Gasteiger partial charge in [0.25, 0.3) is 0 Å². The second kappa shape index (κ2) is 6.61. The molecule has 3 aromatic carbocycles. The van der Waals surface area contributed by atoms with Crippen LogP contribution < -0.4 is 0 Å². The van der Waals surface area contributed by atoms with E-state index in [1.165, 1.54) is 21.9 Å². The minimum absolute atomic E-state index is 0.655. The minimum Gasteiger partial charge on any atom is -0.308 e. The molecule has 2 heterocycles. The predicted octanol–water partition coefficient (Wildman–Crippen LogP) is 6.33. The summed E-state index contributed by atoms with van der Waals surface area (Å²) in [5.41, 5.74) is 8.37. The summed E-state index contributed by atoms with van der Waals surface area (Å²) in [5.74, 6) is 0. The van der Waals surface area contributed by atoms with E-state index in [2.05, 4.69) is 71.9 Å². The first-order valence-electron chi connectivity index (χ1n) is 9.62. The number of hydrogen-bond donors (Lipinski definition) is 0. The minimum atomic E-state index is 0.655. The van der Waals surface area contributed by atoms with Gasteiger partial charge in [0.1, 0.15) is 6.07 Å². The molecule has 0 saturated heterocycles. The number of aryl methyl sites for hydroxylation is 2. The van der Waals surface area contributed by atoms with Crippen molar-refractivity contribution >= 4 is 21.8 Å². The molecule has 0 N–H and O–H groups in total. The molecule has 0 atom stereocenters. The topological polar surface area (TPSA) is 41.6 Å². The Labute approximate surface area is 169 Å². The van der Waals surface area contributed by atoms with E-state index in [1.54, 1.807) is 12.4 Å². The van der Waals surface area contributed by atoms with Gasteiger partial charge < -0.3 is 4.57 Å². The Morgan fingerprint density at radius 2 is 1.34 bits per heavy atom. The van der Waals surface area contributed by atoms with Gasteiger partial charge in [-0.15, -0.1) is 0 Å². The lowest BCUT2D eigenvalue weighted by atomic mass is 10.0. The largest absolute Gasteiger partial charge is 0.308 e. The third kappa shape index (κ3) is 2.78. The fraction of sp³-hybridized carbons (Fsp3) is 0.0769. The third-order valence-electron chi connectivity index (χ3n) is 5.45. The first-order valence-corrected chi connectivity index (χ1v) is 9.62. The molecule has 0 amide bonds. The van der Waals surface area contributed by atoms with Crippen LogP contribution in [0.3, 0.4) is 0 Å². The monoisotopic (exact) mass is 373 g/mol. The van der Waals surface area contributed by atoms with Gasteiger partial charge in [-0.2, -0.15) is 5.26 Å². The number of nitriles is 1. The molecule has 0 spiro atoms.